The fraction of sp³-hybridized carbons (Fsp3) is 0.333. The van der Waals surface area contributed by atoms with Crippen LogP contribution in [0.25, 0.3) is 0 Å². The van der Waals surface area contributed by atoms with Gasteiger partial charge in [-0.15, -0.1) is 0 Å². The number of rotatable bonds is 6. The van der Waals surface area contributed by atoms with Gasteiger partial charge in [0.25, 0.3) is 10.0 Å². The standard InChI is InChI=1S/C15H18N2O6S/c1-9-12(10(2)23-16-9)8-15(18)17-24(19,20)14-7-11(21-3)5-6-13(14)22-4/h5-7H,8H2,1-4H3,(H,17,18). The van der Waals surface area contributed by atoms with Crippen LogP contribution in [-0.2, 0) is 21.2 Å². The Morgan fingerprint density at radius 3 is 2.50 bits per heavy atom. The molecule has 1 heterocycles. The lowest BCUT2D eigenvalue weighted by molar-refractivity contribution is -0.118. The zero-order chi connectivity index (χ0) is 17.9. The average Bonchev–Trinajstić information content (AvgIpc) is 2.85. The zero-order valence-electron chi connectivity index (χ0n) is 13.7. The van der Waals surface area contributed by atoms with Gasteiger partial charge < -0.3 is 14.0 Å². The number of aryl methyl sites for hydroxylation is 2. The number of carbonyl (C=O) groups is 1. The molecule has 0 saturated carbocycles. The summed E-state index contributed by atoms with van der Waals surface area (Å²) in [5.41, 5.74) is 1.10. The van der Waals surface area contributed by atoms with Gasteiger partial charge in [-0.3, -0.25) is 4.79 Å². The Morgan fingerprint density at radius 1 is 1.25 bits per heavy atom. The van der Waals surface area contributed by atoms with Crippen LogP contribution in [0.3, 0.4) is 0 Å². The Labute approximate surface area is 139 Å². The van der Waals surface area contributed by atoms with Crippen molar-refractivity contribution < 1.29 is 27.2 Å². The number of amides is 1. The van der Waals surface area contributed by atoms with Gasteiger partial charge in [0, 0.05) is 11.6 Å². The lowest BCUT2D eigenvalue weighted by atomic mass is 10.1. The number of hydrogen-bond acceptors (Lipinski definition) is 7. The van der Waals surface area contributed by atoms with Crippen molar-refractivity contribution in [1.29, 1.82) is 0 Å². The first-order valence-corrected chi connectivity index (χ1v) is 8.46. The van der Waals surface area contributed by atoms with Gasteiger partial charge in [0.05, 0.1) is 26.3 Å². The summed E-state index contributed by atoms with van der Waals surface area (Å²) in [6.07, 6.45) is -0.160. The molecule has 0 aliphatic heterocycles. The highest BCUT2D eigenvalue weighted by Crippen LogP contribution is 2.28. The number of sulfonamides is 1. The number of nitrogens with one attached hydrogen (secondary N) is 1. The molecule has 2 aromatic rings. The van der Waals surface area contributed by atoms with Crippen molar-refractivity contribution in [1.82, 2.24) is 9.88 Å². The number of nitrogens with zero attached hydrogens (tertiary/aromatic N) is 1. The Kier molecular flexibility index (Phi) is 5.13. The minimum atomic E-state index is -4.12. The molecule has 130 valence electrons. The number of aromatic nitrogens is 1. The second-order valence-electron chi connectivity index (χ2n) is 5.02. The van der Waals surface area contributed by atoms with Crippen LogP contribution in [0, 0.1) is 13.8 Å². The topological polar surface area (TPSA) is 108 Å². The van der Waals surface area contributed by atoms with Crippen LogP contribution in [0.2, 0.25) is 0 Å². The van der Waals surface area contributed by atoms with E-state index in [9.17, 15) is 13.2 Å². The number of carbonyl (C=O) groups excluding carboxylic acids is 1. The van der Waals surface area contributed by atoms with Gasteiger partial charge in [0.15, 0.2) is 0 Å². The van der Waals surface area contributed by atoms with E-state index in [-0.39, 0.29) is 17.1 Å². The van der Waals surface area contributed by atoms with Crippen molar-refractivity contribution in [2.75, 3.05) is 14.2 Å². The maximum absolute atomic E-state index is 12.5. The van der Waals surface area contributed by atoms with Crippen LogP contribution in [-0.4, -0.2) is 33.7 Å². The van der Waals surface area contributed by atoms with E-state index in [4.69, 9.17) is 14.0 Å². The van der Waals surface area contributed by atoms with E-state index in [1.807, 2.05) is 4.72 Å². The van der Waals surface area contributed by atoms with Gasteiger partial charge in [-0.25, -0.2) is 13.1 Å². The molecule has 0 atom stereocenters. The van der Waals surface area contributed by atoms with Gasteiger partial charge in [0.2, 0.25) is 5.91 Å². The van der Waals surface area contributed by atoms with Crippen molar-refractivity contribution in [2.24, 2.45) is 0 Å². The summed E-state index contributed by atoms with van der Waals surface area (Å²) in [6, 6.07) is 4.29. The molecule has 9 heteroatoms. The smallest absolute Gasteiger partial charge is 0.267 e. The first-order valence-electron chi connectivity index (χ1n) is 6.98. The normalized spacial score (nSPS) is 11.2. The van der Waals surface area contributed by atoms with E-state index in [2.05, 4.69) is 5.16 Å². The Morgan fingerprint density at radius 2 is 1.96 bits per heavy atom. The summed E-state index contributed by atoms with van der Waals surface area (Å²) < 4.78 is 42.0. The largest absolute Gasteiger partial charge is 0.497 e. The van der Waals surface area contributed by atoms with Crippen LogP contribution >= 0.6 is 0 Å². The summed E-state index contributed by atoms with van der Waals surface area (Å²) in [4.78, 5) is 11.9. The second kappa shape index (κ2) is 6.91. The molecule has 0 fully saturated rings. The fourth-order valence-electron chi connectivity index (χ4n) is 2.15. The van der Waals surface area contributed by atoms with E-state index in [0.29, 0.717) is 22.8 Å². The van der Waals surface area contributed by atoms with E-state index in [0.717, 1.165) is 0 Å². The molecule has 2 rings (SSSR count). The Bertz CT molecular complexity index is 837. The third kappa shape index (κ3) is 3.67. The first kappa shape index (κ1) is 17.8. The molecule has 8 nitrogen and oxygen atoms in total. The van der Waals surface area contributed by atoms with E-state index in [1.165, 1.54) is 26.4 Å². The fourth-order valence-corrected chi connectivity index (χ4v) is 3.32. The van der Waals surface area contributed by atoms with Crippen LogP contribution in [0.4, 0.5) is 0 Å². The van der Waals surface area contributed by atoms with Crippen molar-refractivity contribution in [2.45, 2.75) is 25.2 Å². The number of benzene rings is 1. The molecule has 0 saturated heterocycles. The molecule has 1 aromatic carbocycles. The summed E-state index contributed by atoms with van der Waals surface area (Å²) in [5, 5.41) is 3.73. The number of ether oxygens (including phenoxy) is 2. The molecular formula is C15H18N2O6S. The maximum atomic E-state index is 12.5. The summed E-state index contributed by atoms with van der Waals surface area (Å²) in [5.74, 6) is 0.205. The molecule has 0 bridgehead atoms. The lowest BCUT2D eigenvalue weighted by Gasteiger charge is -2.12. The molecule has 1 aromatic heterocycles. The van der Waals surface area contributed by atoms with E-state index in [1.54, 1.807) is 19.9 Å². The molecule has 0 aliphatic rings. The predicted octanol–water partition coefficient (Wildman–Crippen LogP) is 1.36. The molecule has 24 heavy (non-hydrogen) atoms. The second-order valence-corrected chi connectivity index (χ2v) is 6.68. The van der Waals surface area contributed by atoms with Gasteiger partial charge in [-0.1, -0.05) is 5.16 Å². The molecule has 0 spiro atoms. The maximum Gasteiger partial charge on any atom is 0.267 e. The average molecular weight is 354 g/mol. The molecule has 1 amide bonds. The van der Waals surface area contributed by atoms with E-state index >= 15 is 0 Å². The monoisotopic (exact) mass is 354 g/mol. The molecule has 1 N–H and O–H groups in total. The van der Waals surface area contributed by atoms with Gasteiger partial charge >= 0.3 is 0 Å². The van der Waals surface area contributed by atoms with Crippen molar-refractivity contribution in [3.05, 3.63) is 35.2 Å². The molecule has 0 unspecified atom stereocenters. The first-order chi connectivity index (χ1) is 11.3. The molecular weight excluding hydrogens is 336 g/mol. The van der Waals surface area contributed by atoms with E-state index < -0.39 is 15.9 Å². The highest BCUT2D eigenvalue weighted by atomic mass is 32.2. The highest BCUT2D eigenvalue weighted by molar-refractivity contribution is 7.90. The predicted molar refractivity (Wildman–Crippen MR) is 84.6 cm³/mol. The summed E-state index contributed by atoms with van der Waals surface area (Å²) in [7, 11) is -1.37. The van der Waals surface area contributed by atoms with Gasteiger partial charge in [0.1, 0.15) is 22.2 Å². The van der Waals surface area contributed by atoms with Crippen molar-refractivity contribution in [3.63, 3.8) is 0 Å². The summed E-state index contributed by atoms with van der Waals surface area (Å²) >= 11 is 0. The van der Waals surface area contributed by atoms with Crippen LogP contribution in [0.15, 0.2) is 27.6 Å². The Balaban J connectivity index is 2.26. The highest BCUT2D eigenvalue weighted by Gasteiger charge is 2.24. The van der Waals surface area contributed by atoms with Gasteiger partial charge in [-0.05, 0) is 26.0 Å². The van der Waals surface area contributed by atoms with Gasteiger partial charge in [-0.2, -0.15) is 0 Å². The number of methoxy groups -OCH3 is 2. The number of hydrogen-bond donors (Lipinski definition) is 1. The van der Waals surface area contributed by atoms with Crippen LogP contribution in [0.5, 0.6) is 11.5 Å². The third-order valence-electron chi connectivity index (χ3n) is 3.43. The van der Waals surface area contributed by atoms with Crippen LogP contribution in [0.1, 0.15) is 17.0 Å². The SMILES string of the molecule is COc1ccc(OC)c(S(=O)(=O)NC(=O)Cc2c(C)noc2C)c1. The zero-order valence-corrected chi connectivity index (χ0v) is 14.6. The quantitative estimate of drug-likeness (QED) is 0.834. The summed E-state index contributed by atoms with van der Waals surface area (Å²) in [6.45, 7) is 3.33. The Hall–Kier alpha value is -2.55. The molecule has 0 radical (unpaired) electrons. The minimum Gasteiger partial charge on any atom is -0.497 e. The van der Waals surface area contributed by atoms with Crippen LogP contribution < -0.4 is 14.2 Å². The van der Waals surface area contributed by atoms with Crippen molar-refractivity contribution in [3.8, 4) is 11.5 Å². The molecule has 0 aliphatic carbocycles. The van der Waals surface area contributed by atoms with Crippen molar-refractivity contribution >= 4 is 15.9 Å². The minimum absolute atomic E-state index is 0.105. The lowest BCUT2D eigenvalue weighted by Crippen LogP contribution is -2.32. The third-order valence-corrected chi connectivity index (χ3v) is 4.82.